The number of hydrogen-bond donors (Lipinski definition) is 0. The van der Waals surface area contributed by atoms with Crippen LogP contribution in [-0.2, 0) is 6.42 Å². The fraction of sp³-hybridized carbons (Fsp3) is 0.486. The Bertz CT molecular complexity index is 1360. The minimum Gasteiger partial charge on any atom is -0.432 e. The van der Waals surface area contributed by atoms with Gasteiger partial charge in [0, 0.05) is 23.3 Å². The molecule has 0 amide bonds. The number of ether oxygens (including phenoxy) is 1. The van der Waals surface area contributed by atoms with Crippen molar-refractivity contribution >= 4 is 0 Å². The van der Waals surface area contributed by atoms with E-state index in [1.54, 1.807) is 31.2 Å². The molecule has 0 radical (unpaired) electrons. The zero-order chi connectivity index (χ0) is 30.0. The Kier molecular flexibility index (Phi) is 9.24. The van der Waals surface area contributed by atoms with Gasteiger partial charge in [-0.05, 0) is 91.5 Å². The number of alkyl halides is 2. The van der Waals surface area contributed by atoms with Crippen molar-refractivity contribution in [1.29, 1.82) is 0 Å². The van der Waals surface area contributed by atoms with Gasteiger partial charge in [-0.1, -0.05) is 57.4 Å². The number of hydrogen-bond acceptors (Lipinski definition) is 1. The van der Waals surface area contributed by atoms with Crippen LogP contribution in [0.15, 0.2) is 48.5 Å². The molecule has 7 heteroatoms. The molecule has 2 aliphatic carbocycles. The second kappa shape index (κ2) is 12.7. The molecule has 1 nitrogen and oxygen atoms in total. The van der Waals surface area contributed by atoms with Crippen LogP contribution in [0.2, 0.25) is 0 Å². The molecular weight excluding hydrogens is 550 g/mol. The molecule has 226 valence electrons. The summed E-state index contributed by atoms with van der Waals surface area (Å²) in [6, 6.07) is 11.5. The van der Waals surface area contributed by atoms with Crippen molar-refractivity contribution in [2.45, 2.75) is 96.0 Å². The lowest BCUT2D eigenvalue weighted by Gasteiger charge is -2.33. The summed E-state index contributed by atoms with van der Waals surface area (Å²) in [6.45, 7) is 4.01. The third-order valence-electron chi connectivity index (χ3n) is 9.30. The smallest absolute Gasteiger partial charge is 0.400 e. The van der Waals surface area contributed by atoms with Crippen LogP contribution in [0.25, 0.3) is 11.1 Å². The van der Waals surface area contributed by atoms with Gasteiger partial charge in [-0.2, -0.15) is 8.78 Å². The van der Waals surface area contributed by atoms with Crippen LogP contribution in [0, 0.1) is 35.1 Å². The van der Waals surface area contributed by atoms with Gasteiger partial charge < -0.3 is 4.74 Å². The van der Waals surface area contributed by atoms with E-state index in [0.717, 1.165) is 43.4 Å². The summed E-state index contributed by atoms with van der Waals surface area (Å²) in [7, 11) is 0. The van der Waals surface area contributed by atoms with E-state index in [0.29, 0.717) is 47.8 Å². The summed E-state index contributed by atoms with van der Waals surface area (Å²) in [6.07, 6.45) is 2.17. The van der Waals surface area contributed by atoms with Gasteiger partial charge in [0.2, 0.25) is 0 Å². The summed E-state index contributed by atoms with van der Waals surface area (Å²) in [5.41, 5.74) is 2.04. The summed E-state index contributed by atoms with van der Waals surface area (Å²) in [4.78, 5) is 0. The van der Waals surface area contributed by atoms with Crippen molar-refractivity contribution in [3.05, 3.63) is 88.5 Å². The lowest BCUT2D eigenvalue weighted by molar-refractivity contribution is -0.222. The van der Waals surface area contributed by atoms with Crippen molar-refractivity contribution in [1.82, 2.24) is 0 Å². The molecule has 0 N–H and O–H groups in total. The Morgan fingerprint density at radius 1 is 0.714 bits per heavy atom. The molecule has 0 heterocycles. The van der Waals surface area contributed by atoms with E-state index in [-0.39, 0.29) is 36.6 Å². The number of rotatable bonds is 8. The minimum atomic E-state index is -3.63. The number of benzene rings is 3. The Morgan fingerprint density at radius 3 is 1.95 bits per heavy atom. The molecule has 5 rings (SSSR count). The van der Waals surface area contributed by atoms with E-state index >= 15 is 8.78 Å². The van der Waals surface area contributed by atoms with Crippen LogP contribution < -0.4 is 4.74 Å². The van der Waals surface area contributed by atoms with Crippen molar-refractivity contribution in [3.8, 4) is 16.9 Å². The highest BCUT2D eigenvalue weighted by Gasteiger charge is 2.44. The van der Waals surface area contributed by atoms with Crippen molar-refractivity contribution in [3.63, 3.8) is 0 Å². The average molecular weight is 589 g/mol. The van der Waals surface area contributed by atoms with Gasteiger partial charge in [0.05, 0.1) is 5.92 Å². The van der Waals surface area contributed by atoms with Gasteiger partial charge in [0.1, 0.15) is 29.0 Å². The predicted molar refractivity (Wildman–Crippen MR) is 153 cm³/mol. The van der Waals surface area contributed by atoms with E-state index in [9.17, 15) is 17.6 Å². The highest BCUT2D eigenvalue weighted by Crippen LogP contribution is 2.44. The SMILES string of the molecule is CCCc1c(F)cc(OC(F)(F)C2CCC(c3ccc(-c4ccc(C5CCC(C)CC5)cc4F)cc3F)CC2)cc1F. The first kappa shape index (κ1) is 30.5. The maximum absolute atomic E-state index is 15.3. The topological polar surface area (TPSA) is 9.23 Å². The van der Waals surface area contributed by atoms with Gasteiger partial charge in [0.25, 0.3) is 0 Å². The molecule has 2 saturated carbocycles. The first-order valence-electron chi connectivity index (χ1n) is 15.2. The molecule has 0 unspecified atom stereocenters. The maximum Gasteiger partial charge on any atom is 0.400 e. The molecule has 42 heavy (non-hydrogen) atoms. The highest BCUT2D eigenvalue weighted by molar-refractivity contribution is 5.65. The standard InChI is InChI=1S/C35H38F6O/c1-3-4-30-33(38)19-27(20-34(30)39)42-35(40,41)26-13-9-23(10-14-26)28-16-12-25(18-32(28)37)29-15-11-24(17-31(29)36)22-7-5-21(2)6-8-22/h11-12,15-23,26H,3-10,13-14H2,1-2H3. The average Bonchev–Trinajstić information content (AvgIpc) is 2.95. The molecule has 0 atom stereocenters. The minimum absolute atomic E-state index is 0.0633. The molecule has 2 fully saturated rings. The van der Waals surface area contributed by atoms with Crippen LogP contribution in [0.3, 0.4) is 0 Å². The lowest BCUT2D eigenvalue weighted by Crippen LogP contribution is -2.37. The second-order valence-corrected chi connectivity index (χ2v) is 12.3. The van der Waals surface area contributed by atoms with Crippen molar-refractivity contribution < 1.29 is 31.1 Å². The van der Waals surface area contributed by atoms with E-state index in [1.165, 1.54) is 6.07 Å². The second-order valence-electron chi connectivity index (χ2n) is 12.3. The fourth-order valence-corrected chi connectivity index (χ4v) is 6.75. The molecule has 0 spiro atoms. The van der Waals surface area contributed by atoms with E-state index in [2.05, 4.69) is 6.92 Å². The molecule has 0 aromatic heterocycles. The summed E-state index contributed by atoms with van der Waals surface area (Å²) in [5, 5.41) is 0. The van der Waals surface area contributed by atoms with Gasteiger partial charge in [-0.25, -0.2) is 17.6 Å². The first-order chi connectivity index (χ1) is 20.1. The molecule has 3 aromatic carbocycles. The Hall–Kier alpha value is -2.96. The highest BCUT2D eigenvalue weighted by atomic mass is 19.3. The van der Waals surface area contributed by atoms with Crippen LogP contribution in [0.4, 0.5) is 26.3 Å². The molecule has 0 aliphatic heterocycles. The van der Waals surface area contributed by atoms with Crippen molar-refractivity contribution in [2.75, 3.05) is 0 Å². The Labute approximate surface area is 244 Å². The number of halogens is 6. The maximum atomic E-state index is 15.3. The van der Waals surface area contributed by atoms with Crippen LogP contribution >= 0.6 is 0 Å². The molecule has 2 aliphatic rings. The van der Waals surface area contributed by atoms with Gasteiger partial charge in [0.15, 0.2) is 0 Å². The summed E-state index contributed by atoms with van der Waals surface area (Å²) in [5.74, 6) is -3.59. The van der Waals surface area contributed by atoms with Crippen LogP contribution in [0.1, 0.15) is 100 Å². The summed E-state index contributed by atoms with van der Waals surface area (Å²) < 4.78 is 93.6. The summed E-state index contributed by atoms with van der Waals surface area (Å²) >= 11 is 0. The van der Waals surface area contributed by atoms with E-state index in [1.807, 2.05) is 6.07 Å². The Morgan fingerprint density at radius 2 is 1.36 bits per heavy atom. The zero-order valence-electron chi connectivity index (χ0n) is 24.2. The van der Waals surface area contributed by atoms with Crippen LogP contribution in [0.5, 0.6) is 5.75 Å². The molecule has 0 saturated heterocycles. The molecule has 3 aromatic rings. The van der Waals surface area contributed by atoms with E-state index in [4.69, 9.17) is 4.74 Å². The molecule has 0 bridgehead atoms. The van der Waals surface area contributed by atoms with Gasteiger partial charge in [-0.3, -0.25) is 0 Å². The largest absolute Gasteiger partial charge is 0.432 e. The van der Waals surface area contributed by atoms with Gasteiger partial charge in [-0.15, -0.1) is 0 Å². The van der Waals surface area contributed by atoms with Crippen LogP contribution in [-0.4, -0.2) is 6.11 Å². The fourth-order valence-electron chi connectivity index (χ4n) is 6.75. The third-order valence-corrected chi connectivity index (χ3v) is 9.30. The molecular formula is C35H38F6O. The monoisotopic (exact) mass is 588 g/mol. The van der Waals surface area contributed by atoms with E-state index < -0.39 is 35.2 Å². The van der Waals surface area contributed by atoms with Crippen molar-refractivity contribution in [2.24, 2.45) is 11.8 Å². The normalized spacial score (nSPS) is 23.1. The quantitative estimate of drug-likeness (QED) is 0.238. The lowest BCUT2D eigenvalue weighted by atomic mass is 9.77. The van der Waals surface area contributed by atoms with Gasteiger partial charge >= 0.3 is 6.11 Å². The zero-order valence-corrected chi connectivity index (χ0v) is 24.2. The first-order valence-corrected chi connectivity index (χ1v) is 15.2. The Balaban J connectivity index is 1.22. The third kappa shape index (κ3) is 6.65. The predicted octanol–water partition coefficient (Wildman–Crippen LogP) is 11.1.